The number of rotatable bonds is 3. The van der Waals surface area contributed by atoms with Crippen LogP contribution in [-0.4, -0.2) is 10.9 Å². The van der Waals surface area contributed by atoms with Crippen molar-refractivity contribution in [2.24, 2.45) is 0 Å². The molecular weight excluding hydrogens is 200 g/mol. The van der Waals surface area contributed by atoms with Gasteiger partial charge < -0.3 is 5.11 Å². The Kier molecular flexibility index (Phi) is 3.53. The standard InChI is InChI=1S/C11H13ClO2/c1-3-8-4-5-10(14)9(6-8)11(12)7(2)13/h4-6,11,14H,3H2,1-2H3. The number of phenolic OH excluding ortho intramolecular Hbond substituents is 1. The summed E-state index contributed by atoms with van der Waals surface area (Å²) in [5.41, 5.74) is 1.56. The Morgan fingerprint density at radius 3 is 2.71 bits per heavy atom. The van der Waals surface area contributed by atoms with Crippen LogP contribution in [0.1, 0.15) is 30.4 Å². The van der Waals surface area contributed by atoms with Gasteiger partial charge in [0.2, 0.25) is 0 Å². The number of ketones is 1. The van der Waals surface area contributed by atoms with Gasteiger partial charge >= 0.3 is 0 Å². The lowest BCUT2D eigenvalue weighted by Gasteiger charge is -2.09. The molecule has 1 rings (SSSR count). The van der Waals surface area contributed by atoms with E-state index in [2.05, 4.69) is 0 Å². The summed E-state index contributed by atoms with van der Waals surface area (Å²) in [6.45, 7) is 3.42. The van der Waals surface area contributed by atoms with Gasteiger partial charge in [0, 0.05) is 5.56 Å². The number of carbonyl (C=O) groups is 1. The lowest BCUT2D eigenvalue weighted by atomic mass is 10.0. The molecule has 0 aromatic heterocycles. The highest BCUT2D eigenvalue weighted by atomic mass is 35.5. The molecule has 0 aliphatic carbocycles. The molecule has 14 heavy (non-hydrogen) atoms. The molecular formula is C11H13ClO2. The Labute approximate surface area is 88.5 Å². The molecule has 0 spiro atoms. The number of hydrogen-bond acceptors (Lipinski definition) is 2. The van der Waals surface area contributed by atoms with Crippen molar-refractivity contribution in [3.63, 3.8) is 0 Å². The molecule has 0 saturated carbocycles. The lowest BCUT2D eigenvalue weighted by Crippen LogP contribution is -2.02. The number of carbonyl (C=O) groups excluding carboxylic acids is 1. The first-order valence-electron chi connectivity index (χ1n) is 4.52. The average molecular weight is 213 g/mol. The maximum absolute atomic E-state index is 11.1. The molecule has 0 aliphatic heterocycles. The fraction of sp³-hybridized carbons (Fsp3) is 0.364. The second-order valence-corrected chi connectivity index (χ2v) is 3.66. The minimum absolute atomic E-state index is 0.0809. The molecule has 0 fully saturated rings. The average Bonchev–Trinajstić information content (AvgIpc) is 2.17. The van der Waals surface area contributed by atoms with Gasteiger partial charge in [-0.3, -0.25) is 4.79 Å². The third kappa shape index (κ3) is 2.26. The van der Waals surface area contributed by atoms with Gasteiger partial charge in [-0.1, -0.05) is 19.1 Å². The van der Waals surface area contributed by atoms with Gasteiger partial charge in [0.1, 0.15) is 11.1 Å². The predicted molar refractivity (Wildman–Crippen MR) is 56.8 cm³/mol. The van der Waals surface area contributed by atoms with E-state index in [1.807, 2.05) is 13.0 Å². The monoisotopic (exact) mass is 212 g/mol. The largest absolute Gasteiger partial charge is 0.508 e. The maximum atomic E-state index is 11.1. The summed E-state index contributed by atoms with van der Waals surface area (Å²) in [6, 6.07) is 5.17. The molecule has 1 unspecified atom stereocenters. The fourth-order valence-electron chi connectivity index (χ4n) is 1.25. The smallest absolute Gasteiger partial charge is 0.152 e. The van der Waals surface area contributed by atoms with E-state index in [1.54, 1.807) is 12.1 Å². The van der Waals surface area contributed by atoms with Crippen molar-refractivity contribution in [1.29, 1.82) is 0 Å². The zero-order chi connectivity index (χ0) is 10.7. The second kappa shape index (κ2) is 4.47. The molecule has 1 atom stereocenters. The van der Waals surface area contributed by atoms with E-state index in [9.17, 15) is 9.90 Å². The SMILES string of the molecule is CCc1ccc(O)c(C(Cl)C(C)=O)c1. The van der Waals surface area contributed by atoms with Crippen LogP contribution in [0.2, 0.25) is 0 Å². The molecule has 2 nitrogen and oxygen atoms in total. The van der Waals surface area contributed by atoms with Crippen molar-refractivity contribution >= 4 is 17.4 Å². The van der Waals surface area contributed by atoms with Crippen molar-refractivity contribution in [2.75, 3.05) is 0 Å². The highest BCUT2D eigenvalue weighted by Gasteiger charge is 2.17. The number of phenols is 1. The van der Waals surface area contributed by atoms with Crippen LogP contribution in [0.4, 0.5) is 0 Å². The second-order valence-electron chi connectivity index (χ2n) is 3.22. The van der Waals surface area contributed by atoms with E-state index in [0.29, 0.717) is 5.56 Å². The van der Waals surface area contributed by atoms with Crippen molar-refractivity contribution in [3.8, 4) is 5.75 Å². The molecule has 3 heteroatoms. The summed E-state index contributed by atoms with van der Waals surface area (Å²) >= 11 is 5.87. The van der Waals surface area contributed by atoms with Gasteiger partial charge in [0.05, 0.1) is 0 Å². The number of halogens is 1. The van der Waals surface area contributed by atoms with Crippen LogP contribution in [0.15, 0.2) is 18.2 Å². The van der Waals surface area contributed by atoms with Crippen LogP contribution in [0, 0.1) is 0 Å². The van der Waals surface area contributed by atoms with Gasteiger partial charge in [-0.05, 0) is 25.0 Å². The van der Waals surface area contributed by atoms with E-state index in [4.69, 9.17) is 11.6 Å². The first-order valence-corrected chi connectivity index (χ1v) is 4.96. The molecule has 76 valence electrons. The van der Waals surface area contributed by atoms with Crippen LogP contribution in [0.5, 0.6) is 5.75 Å². The normalized spacial score (nSPS) is 12.5. The van der Waals surface area contributed by atoms with E-state index in [0.717, 1.165) is 12.0 Å². The number of aryl methyl sites for hydroxylation is 1. The van der Waals surface area contributed by atoms with Crippen molar-refractivity contribution < 1.29 is 9.90 Å². The maximum Gasteiger partial charge on any atom is 0.152 e. The molecule has 1 aromatic carbocycles. The van der Waals surface area contributed by atoms with Gasteiger partial charge in [-0.15, -0.1) is 11.6 Å². The molecule has 0 aliphatic rings. The first-order chi connectivity index (χ1) is 6.56. The van der Waals surface area contributed by atoms with Gasteiger partial charge in [-0.25, -0.2) is 0 Å². The van der Waals surface area contributed by atoms with Crippen LogP contribution >= 0.6 is 11.6 Å². The number of hydrogen-bond donors (Lipinski definition) is 1. The summed E-state index contributed by atoms with van der Waals surface area (Å²) < 4.78 is 0. The third-order valence-electron chi connectivity index (χ3n) is 2.13. The summed E-state index contributed by atoms with van der Waals surface area (Å²) in [5.74, 6) is -0.0763. The highest BCUT2D eigenvalue weighted by molar-refractivity contribution is 6.31. The molecule has 0 amide bonds. The molecule has 0 heterocycles. The van der Waals surface area contributed by atoms with E-state index in [-0.39, 0.29) is 11.5 Å². The number of alkyl halides is 1. The number of aromatic hydroxyl groups is 1. The topological polar surface area (TPSA) is 37.3 Å². The van der Waals surface area contributed by atoms with Crippen molar-refractivity contribution in [1.82, 2.24) is 0 Å². The van der Waals surface area contributed by atoms with Crippen molar-refractivity contribution in [2.45, 2.75) is 25.6 Å². The quantitative estimate of drug-likeness (QED) is 0.783. The zero-order valence-corrected chi connectivity index (χ0v) is 9.01. The Morgan fingerprint density at radius 1 is 1.57 bits per heavy atom. The van der Waals surface area contributed by atoms with E-state index < -0.39 is 5.38 Å². The molecule has 0 saturated heterocycles. The van der Waals surface area contributed by atoms with Crippen molar-refractivity contribution in [3.05, 3.63) is 29.3 Å². The molecule has 0 radical (unpaired) electrons. The highest BCUT2D eigenvalue weighted by Crippen LogP contribution is 2.30. The van der Waals surface area contributed by atoms with Gasteiger partial charge in [0.15, 0.2) is 5.78 Å². The Bertz CT molecular complexity index is 347. The molecule has 1 N–H and O–H groups in total. The summed E-state index contributed by atoms with van der Waals surface area (Å²) in [4.78, 5) is 11.1. The van der Waals surface area contributed by atoms with Crippen LogP contribution in [0.25, 0.3) is 0 Å². The predicted octanol–water partition coefficient (Wildman–Crippen LogP) is 2.82. The molecule has 1 aromatic rings. The Balaban J connectivity index is 3.11. The van der Waals surface area contributed by atoms with Gasteiger partial charge in [-0.2, -0.15) is 0 Å². The van der Waals surface area contributed by atoms with Crippen LogP contribution < -0.4 is 0 Å². The first kappa shape index (κ1) is 11.1. The minimum Gasteiger partial charge on any atom is -0.508 e. The lowest BCUT2D eigenvalue weighted by molar-refractivity contribution is -0.116. The number of benzene rings is 1. The summed E-state index contributed by atoms with van der Waals surface area (Å²) in [6.07, 6.45) is 0.856. The fourth-order valence-corrected chi connectivity index (χ4v) is 1.42. The third-order valence-corrected chi connectivity index (χ3v) is 2.67. The molecule has 0 bridgehead atoms. The van der Waals surface area contributed by atoms with Gasteiger partial charge in [0.25, 0.3) is 0 Å². The Hall–Kier alpha value is -1.02. The summed E-state index contributed by atoms with van der Waals surface area (Å²) in [5, 5.41) is 8.76. The number of Topliss-reactive ketones (excluding diaryl/α,β-unsaturated/α-hetero) is 1. The van der Waals surface area contributed by atoms with E-state index >= 15 is 0 Å². The summed E-state index contributed by atoms with van der Waals surface area (Å²) in [7, 11) is 0. The van der Waals surface area contributed by atoms with E-state index in [1.165, 1.54) is 6.92 Å². The van der Waals surface area contributed by atoms with Crippen LogP contribution in [0.3, 0.4) is 0 Å². The Morgan fingerprint density at radius 2 is 2.21 bits per heavy atom. The zero-order valence-electron chi connectivity index (χ0n) is 8.25. The minimum atomic E-state index is -0.749. The van der Waals surface area contributed by atoms with Crippen LogP contribution in [-0.2, 0) is 11.2 Å².